The summed E-state index contributed by atoms with van der Waals surface area (Å²) in [6.45, 7) is 4.82. The van der Waals surface area contributed by atoms with Gasteiger partial charge in [0.1, 0.15) is 23.7 Å². The number of nitriles is 1. The summed E-state index contributed by atoms with van der Waals surface area (Å²) in [4.78, 5) is 71.3. The average Bonchev–Trinajstić information content (AvgIpc) is 3.94. The van der Waals surface area contributed by atoms with Gasteiger partial charge in [-0.1, -0.05) is 11.6 Å². The minimum Gasteiger partial charge on any atom is -0.490 e. The Morgan fingerprint density at radius 2 is 1.63 bits per heavy atom. The van der Waals surface area contributed by atoms with E-state index in [1.165, 1.54) is 6.07 Å². The number of piperidine rings is 2. The minimum absolute atomic E-state index is 0.00471. The molecule has 1 aromatic heterocycles. The maximum atomic E-state index is 15.5. The zero-order chi connectivity index (χ0) is 41.7. The fourth-order valence-electron chi connectivity index (χ4n) is 9.99. The van der Waals surface area contributed by atoms with E-state index in [1.54, 1.807) is 24.3 Å². The van der Waals surface area contributed by atoms with Crippen LogP contribution >= 0.6 is 11.6 Å². The van der Waals surface area contributed by atoms with Gasteiger partial charge in [0, 0.05) is 62.7 Å². The molecular formula is C43H45ClFN9O6. The Kier molecular flexibility index (Phi) is 10.7. The predicted octanol–water partition coefficient (Wildman–Crippen LogP) is 4.23. The van der Waals surface area contributed by atoms with E-state index in [0.29, 0.717) is 35.5 Å². The first kappa shape index (κ1) is 39.8. The summed E-state index contributed by atoms with van der Waals surface area (Å²) in [5.41, 5.74) is 1.10. The van der Waals surface area contributed by atoms with E-state index >= 15 is 4.39 Å². The number of aromatic nitrogens is 2. The summed E-state index contributed by atoms with van der Waals surface area (Å²) in [5.74, 6) is -1.96. The van der Waals surface area contributed by atoms with Gasteiger partial charge < -0.3 is 19.9 Å². The second kappa shape index (κ2) is 16.1. The van der Waals surface area contributed by atoms with Crippen molar-refractivity contribution in [3.8, 4) is 11.8 Å². The van der Waals surface area contributed by atoms with Gasteiger partial charge >= 0.3 is 0 Å². The molecule has 312 valence electrons. The number of likely N-dealkylation sites (tertiary alicyclic amines) is 1. The molecule has 1 saturated carbocycles. The maximum Gasteiger partial charge on any atom is 0.272 e. The van der Waals surface area contributed by atoms with Crippen LogP contribution in [0.1, 0.15) is 101 Å². The highest BCUT2D eigenvalue weighted by molar-refractivity contribution is 6.31. The Labute approximate surface area is 351 Å². The topological polar surface area (TPSA) is 181 Å². The fourth-order valence-corrected chi connectivity index (χ4v) is 10.2. The molecule has 2 atom stereocenters. The summed E-state index contributed by atoms with van der Waals surface area (Å²) >= 11 is 6.15. The first-order chi connectivity index (χ1) is 29.0. The molecule has 9 rings (SSSR count). The van der Waals surface area contributed by atoms with Crippen molar-refractivity contribution in [1.29, 1.82) is 5.26 Å². The van der Waals surface area contributed by atoms with Crippen LogP contribution in [0, 0.1) is 22.6 Å². The quantitative estimate of drug-likeness (QED) is 0.309. The molecule has 6 aliphatic rings. The first-order valence-corrected chi connectivity index (χ1v) is 21.2. The van der Waals surface area contributed by atoms with Gasteiger partial charge in [0.15, 0.2) is 11.5 Å². The minimum atomic E-state index is -1.10. The lowest BCUT2D eigenvalue weighted by molar-refractivity contribution is -0.136. The highest BCUT2D eigenvalue weighted by Crippen LogP contribution is 2.43. The number of anilines is 2. The zero-order valence-corrected chi connectivity index (χ0v) is 33.8. The highest BCUT2D eigenvalue weighted by atomic mass is 35.5. The molecule has 2 unspecified atom stereocenters. The molecule has 5 fully saturated rings. The number of carbonyl (C=O) groups is 5. The Morgan fingerprint density at radius 3 is 2.33 bits per heavy atom. The highest BCUT2D eigenvalue weighted by Gasteiger charge is 2.47. The van der Waals surface area contributed by atoms with Crippen molar-refractivity contribution < 1.29 is 33.1 Å². The van der Waals surface area contributed by atoms with Gasteiger partial charge in [0.25, 0.3) is 17.7 Å². The molecule has 1 spiro atoms. The third-order valence-corrected chi connectivity index (χ3v) is 13.6. The van der Waals surface area contributed by atoms with Crippen LogP contribution in [0.3, 0.4) is 0 Å². The molecule has 60 heavy (non-hydrogen) atoms. The predicted molar refractivity (Wildman–Crippen MR) is 216 cm³/mol. The van der Waals surface area contributed by atoms with Gasteiger partial charge in [-0.05, 0) is 101 Å². The van der Waals surface area contributed by atoms with Crippen LogP contribution in [-0.2, 0) is 9.59 Å². The van der Waals surface area contributed by atoms with E-state index in [1.807, 2.05) is 17.0 Å². The number of nitrogens with one attached hydrogen (secondary N) is 2. The van der Waals surface area contributed by atoms with Gasteiger partial charge in [-0.2, -0.15) is 5.26 Å². The Hall–Kier alpha value is -5.66. The second-order valence-electron chi connectivity index (χ2n) is 17.0. The van der Waals surface area contributed by atoms with Gasteiger partial charge in [0.2, 0.25) is 11.8 Å². The SMILES string of the molecule is N#Cc1ccc(O[C@H]2CC[C@H](NC(=O)c3ccc(N4CCC5(CCN(C6CCN(c7cc8c(cc7F)C(=O)N(C7CCC(=O)NC7=O)C8=O)CC6)C5)C4)nn3)CC2)cc1Cl. The smallest absolute Gasteiger partial charge is 0.272 e. The fraction of sp³-hybridized carbons (Fsp3) is 0.488. The van der Waals surface area contributed by atoms with E-state index in [0.717, 1.165) is 94.3 Å². The van der Waals surface area contributed by atoms with E-state index in [4.69, 9.17) is 21.6 Å². The largest absolute Gasteiger partial charge is 0.490 e. The van der Waals surface area contributed by atoms with Crippen LogP contribution in [-0.4, -0.2) is 113 Å². The number of imide groups is 2. The number of carbonyl (C=O) groups excluding carboxylic acids is 5. The van der Waals surface area contributed by atoms with Crippen molar-refractivity contribution in [2.45, 2.75) is 88.4 Å². The van der Waals surface area contributed by atoms with E-state index in [9.17, 15) is 24.0 Å². The number of halogens is 2. The van der Waals surface area contributed by atoms with E-state index < -0.39 is 35.5 Å². The maximum absolute atomic E-state index is 15.5. The molecule has 5 aliphatic heterocycles. The van der Waals surface area contributed by atoms with Crippen molar-refractivity contribution >= 4 is 52.6 Å². The molecule has 2 aromatic carbocycles. The number of ether oxygens (including phenoxy) is 1. The van der Waals surface area contributed by atoms with Crippen LogP contribution < -0.4 is 25.2 Å². The lowest BCUT2D eigenvalue weighted by atomic mass is 9.86. The van der Waals surface area contributed by atoms with Gasteiger partial charge in [-0.3, -0.25) is 39.1 Å². The number of fused-ring (bicyclic) bond motifs is 1. The van der Waals surface area contributed by atoms with E-state index in [-0.39, 0.29) is 58.8 Å². The normalized spacial score (nSPS) is 26.1. The first-order valence-electron chi connectivity index (χ1n) is 20.8. The summed E-state index contributed by atoms with van der Waals surface area (Å²) < 4.78 is 21.6. The van der Waals surface area contributed by atoms with Crippen LogP contribution in [0.4, 0.5) is 15.9 Å². The summed E-state index contributed by atoms with van der Waals surface area (Å²) in [6, 6.07) is 12.5. The molecule has 1 aliphatic carbocycles. The molecule has 5 amide bonds. The summed E-state index contributed by atoms with van der Waals surface area (Å²) in [5, 5.41) is 23.5. The molecule has 3 aromatic rings. The van der Waals surface area contributed by atoms with Gasteiger partial charge in [-0.15, -0.1) is 10.2 Å². The number of amides is 5. The Morgan fingerprint density at radius 1 is 0.883 bits per heavy atom. The van der Waals surface area contributed by atoms with Crippen molar-refractivity contribution in [2.75, 3.05) is 49.1 Å². The van der Waals surface area contributed by atoms with Crippen molar-refractivity contribution in [3.63, 3.8) is 0 Å². The van der Waals surface area contributed by atoms with Crippen LogP contribution in [0.2, 0.25) is 5.02 Å². The van der Waals surface area contributed by atoms with Crippen LogP contribution in [0.15, 0.2) is 42.5 Å². The number of benzene rings is 2. The molecule has 6 heterocycles. The lowest BCUT2D eigenvalue weighted by Gasteiger charge is -2.38. The number of hydrogen-bond donors (Lipinski definition) is 2. The molecule has 0 radical (unpaired) electrons. The Balaban J connectivity index is 0.739. The van der Waals surface area contributed by atoms with Crippen LogP contribution in [0.25, 0.3) is 0 Å². The van der Waals surface area contributed by atoms with Crippen molar-refractivity contribution in [3.05, 3.63) is 75.7 Å². The zero-order valence-electron chi connectivity index (χ0n) is 33.0. The van der Waals surface area contributed by atoms with Gasteiger partial charge in [0.05, 0.1) is 33.5 Å². The molecule has 15 nitrogen and oxygen atoms in total. The summed E-state index contributed by atoms with van der Waals surface area (Å²) in [7, 11) is 0. The molecular weight excluding hydrogens is 793 g/mol. The molecule has 4 saturated heterocycles. The third-order valence-electron chi connectivity index (χ3n) is 13.3. The summed E-state index contributed by atoms with van der Waals surface area (Å²) in [6.07, 6.45) is 6.88. The molecule has 17 heteroatoms. The lowest BCUT2D eigenvalue weighted by Crippen LogP contribution is -2.54. The average molecular weight is 838 g/mol. The monoisotopic (exact) mass is 837 g/mol. The number of hydrogen-bond acceptors (Lipinski definition) is 12. The molecule has 2 N–H and O–H groups in total. The Bertz CT molecular complexity index is 2290. The standard InChI is InChI=1S/C43H45ClFN9O6/c44-32-19-29(4-1-25(32)22-46)60-28-5-2-26(3-6-28)47-39(56)34-7-9-37(50-49-34)53-18-14-43(24-53)13-17-52(23-43)27-11-15-51(16-12-27)36-21-31-30(20-33(36)45)41(58)54(42(31)59)35-8-10-38(55)48-40(35)57/h1,4,7,9,19-21,26-28,35H,2-3,5-6,8,10-18,23-24H2,(H,47,56)(H,48,55,57)/t26-,28-,35?,43?. The second-order valence-corrected chi connectivity index (χ2v) is 17.4. The third kappa shape index (κ3) is 7.64. The molecule has 0 bridgehead atoms. The van der Waals surface area contributed by atoms with E-state index in [2.05, 4.69) is 30.6 Å². The van der Waals surface area contributed by atoms with Crippen LogP contribution in [0.5, 0.6) is 5.75 Å². The number of nitrogens with zero attached hydrogens (tertiary/aromatic N) is 7. The van der Waals surface area contributed by atoms with Gasteiger partial charge in [-0.25, -0.2) is 4.39 Å². The van der Waals surface area contributed by atoms with Crippen molar-refractivity contribution in [1.82, 2.24) is 30.6 Å². The number of rotatable bonds is 8. The van der Waals surface area contributed by atoms with Crippen molar-refractivity contribution in [2.24, 2.45) is 5.41 Å².